The van der Waals surface area contributed by atoms with E-state index in [1.54, 1.807) is 0 Å². The number of hydrogen-bond acceptors (Lipinski definition) is 3. The fourth-order valence-electron chi connectivity index (χ4n) is 1.05. The Morgan fingerprint density at radius 2 is 2.27 bits per heavy atom. The van der Waals surface area contributed by atoms with Crippen molar-refractivity contribution in [2.75, 3.05) is 0 Å². The van der Waals surface area contributed by atoms with Crippen LogP contribution in [0.5, 0.6) is 0 Å². The van der Waals surface area contributed by atoms with Crippen LogP contribution in [0.25, 0.3) is 0 Å². The van der Waals surface area contributed by atoms with Crippen LogP contribution in [-0.2, 0) is 6.54 Å². The van der Waals surface area contributed by atoms with E-state index >= 15 is 0 Å². The lowest BCUT2D eigenvalue weighted by atomic mass is 10.1. The third-order valence-corrected chi connectivity index (χ3v) is 2.35. The van der Waals surface area contributed by atoms with Crippen molar-refractivity contribution in [2.45, 2.75) is 13.0 Å². The monoisotopic (exact) mass is 280 g/mol. The maximum absolute atomic E-state index is 12.4. The average molecular weight is 281 g/mol. The van der Waals surface area contributed by atoms with E-state index in [1.807, 2.05) is 0 Å². The average Bonchev–Trinajstić information content (AvgIpc) is 2.16. The standard InChI is InChI=1S/C8H7BrF2N2O2/c9-6-4(8(14)15)1-3(2-12)5(13-6)7(10)11/h1,7H,2,12H2,(H,14,15). The van der Waals surface area contributed by atoms with Crippen LogP contribution in [0.4, 0.5) is 8.78 Å². The van der Waals surface area contributed by atoms with Crippen molar-refractivity contribution < 1.29 is 18.7 Å². The van der Waals surface area contributed by atoms with Gasteiger partial charge in [-0.1, -0.05) is 0 Å². The summed E-state index contributed by atoms with van der Waals surface area (Å²) < 4.78 is 24.8. The van der Waals surface area contributed by atoms with Crippen LogP contribution < -0.4 is 5.73 Å². The van der Waals surface area contributed by atoms with Crippen LogP contribution >= 0.6 is 15.9 Å². The lowest BCUT2D eigenvalue weighted by Crippen LogP contribution is -2.09. The molecule has 0 aliphatic heterocycles. The Labute approximate surface area is 92.2 Å². The van der Waals surface area contributed by atoms with Gasteiger partial charge >= 0.3 is 5.97 Å². The van der Waals surface area contributed by atoms with E-state index in [4.69, 9.17) is 10.8 Å². The van der Waals surface area contributed by atoms with Crippen molar-refractivity contribution in [1.29, 1.82) is 0 Å². The van der Waals surface area contributed by atoms with Gasteiger partial charge < -0.3 is 10.8 Å². The van der Waals surface area contributed by atoms with Crippen molar-refractivity contribution in [2.24, 2.45) is 5.73 Å². The van der Waals surface area contributed by atoms with Crippen molar-refractivity contribution >= 4 is 21.9 Å². The van der Waals surface area contributed by atoms with E-state index in [2.05, 4.69) is 20.9 Å². The zero-order valence-corrected chi connectivity index (χ0v) is 8.96. The van der Waals surface area contributed by atoms with Gasteiger partial charge in [-0.2, -0.15) is 0 Å². The van der Waals surface area contributed by atoms with Gasteiger partial charge in [-0.3, -0.25) is 0 Å². The molecule has 82 valence electrons. The molecule has 0 fully saturated rings. The van der Waals surface area contributed by atoms with Crippen LogP contribution in [0.3, 0.4) is 0 Å². The van der Waals surface area contributed by atoms with Gasteiger partial charge in [0.15, 0.2) is 0 Å². The molecule has 1 rings (SSSR count). The molecule has 7 heteroatoms. The summed E-state index contributed by atoms with van der Waals surface area (Å²) in [5.74, 6) is -1.25. The molecule has 0 bridgehead atoms. The Hall–Kier alpha value is -1.08. The highest BCUT2D eigenvalue weighted by atomic mass is 79.9. The molecule has 0 atom stereocenters. The number of rotatable bonds is 3. The number of carboxylic acid groups (broad SMARTS) is 1. The van der Waals surface area contributed by atoms with Crippen molar-refractivity contribution in [3.05, 3.63) is 27.5 Å². The molecule has 0 aromatic carbocycles. The normalized spacial score (nSPS) is 10.7. The SMILES string of the molecule is NCc1cc(C(=O)O)c(Br)nc1C(F)F. The Bertz CT molecular complexity index is 398. The third kappa shape index (κ3) is 2.48. The molecule has 1 aromatic rings. The van der Waals surface area contributed by atoms with E-state index in [1.165, 1.54) is 0 Å². The Kier molecular flexibility index (Phi) is 3.70. The van der Waals surface area contributed by atoms with Gasteiger partial charge in [0.1, 0.15) is 10.3 Å². The topological polar surface area (TPSA) is 76.2 Å². The molecule has 1 aromatic heterocycles. The lowest BCUT2D eigenvalue weighted by molar-refractivity contribution is 0.0694. The minimum atomic E-state index is -2.78. The quantitative estimate of drug-likeness (QED) is 0.830. The van der Waals surface area contributed by atoms with Gasteiger partial charge in [0.25, 0.3) is 6.43 Å². The molecule has 4 nitrogen and oxygen atoms in total. The van der Waals surface area contributed by atoms with E-state index in [0.29, 0.717) is 0 Å². The van der Waals surface area contributed by atoms with Crippen LogP contribution in [0.15, 0.2) is 10.7 Å². The van der Waals surface area contributed by atoms with Gasteiger partial charge in [0.05, 0.1) is 5.56 Å². The largest absolute Gasteiger partial charge is 0.478 e. The summed E-state index contributed by atoms with van der Waals surface area (Å²) in [6.45, 7) is -0.180. The van der Waals surface area contributed by atoms with Crippen molar-refractivity contribution in [1.82, 2.24) is 4.98 Å². The van der Waals surface area contributed by atoms with Crippen LogP contribution in [0.2, 0.25) is 0 Å². The molecule has 15 heavy (non-hydrogen) atoms. The number of aromatic nitrogens is 1. The molecule has 0 aliphatic rings. The minimum absolute atomic E-state index is 0.0330. The smallest absolute Gasteiger partial charge is 0.338 e. The summed E-state index contributed by atoms with van der Waals surface area (Å²) >= 11 is 2.81. The highest BCUT2D eigenvalue weighted by molar-refractivity contribution is 9.10. The highest BCUT2D eigenvalue weighted by Gasteiger charge is 2.19. The number of carboxylic acids is 1. The lowest BCUT2D eigenvalue weighted by Gasteiger charge is -2.08. The van der Waals surface area contributed by atoms with E-state index in [9.17, 15) is 13.6 Å². The van der Waals surface area contributed by atoms with Gasteiger partial charge in [0.2, 0.25) is 0 Å². The van der Waals surface area contributed by atoms with Crippen LogP contribution in [0.1, 0.15) is 28.0 Å². The number of carbonyl (C=O) groups is 1. The summed E-state index contributed by atoms with van der Waals surface area (Å²) in [6.07, 6.45) is -2.78. The number of halogens is 3. The number of pyridine rings is 1. The second kappa shape index (κ2) is 4.63. The molecule has 0 aliphatic carbocycles. The summed E-state index contributed by atoms with van der Waals surface area (Å²) in [4.78, 5) is 14.1. The Balaban J connectivity index is 3.35. The molecule has 0 amide bonds. The number of hydrogen-bond donors (Lipinski definition) is 2. The molecule has 0 spiro atoms. The van der Waals surface area contributed by atoms with Gasteiger partial charge in [0, 0.05) is 6.54 Å². The second-order valence-corrected chi connectivity index (χ2v) is 3.43. The zero-order valence-electron chi connectivity index (χ0n) is 7.38. The number of aromatic carboxylic acids is 1. The molecule has 3 N–H and O–H groups in total. The molecule has 0 radical (unpaired) electrons. The first-order valence-corrected chi connectivity index (χ1v) is 4.67. The van der Waals surface area contributed by atoms with Gasteiger partial charge in [-0.25, -0.2) is 18.6 Å². The molecule has 0 saturated carbocycles. The molecule has 0 saturated heterocycles. The Morgan fingerprint density at radius 3 is 2.67 bits per heavy atom. The first kappa shape index (κ1) is 12.0. The number of alkyl halides is 2. The van der Waals surface area contributed by atoms with E-state index < -0.39 is 18.1 Å². The number of nitrogens with zero attached hydrogens (tertiary/aromatic N) is 1. The second-order valence-electron chi connectivity index (χ2n) is 2.68. The van der Waals surface area contributed by atoms with Crippen LogP contribution in [0, 0.1) is 0 Å². The predicted molar refractivity (Wildman–Crippen MR) is 51.7 cm³/mol. The maximum Gasteiger partial charge on any atom is 0.338 e. The molecular weight excluding hydrogens is 274 g/mol. The minimum Gasteiger partial charge on any atom is -0.478 e. The van der Waals surface area contributed by atoms with Crippen LogP contribution in [-0.4, -0.2) is 16.1 Å². The van der Waals surface area contributed by atoms with Crippen molar-refractivity contribution in [3.8, 4) is 0 Å². The molecular formula is C8H7BrF2N2O2. The zero-order chi connectivity index (χ0) is 11.6. The highest BCUT2D eigenvalue weighted by Crippen LogP contribution is 2.25. The molecule has 1 heterocycles. The summed E-state index contributed by atoms with van der Waals surface area (Å²) in [5.41, 5.74) is 4.59. The number of nitrogens with two attached hydrogens (primary N) is 1. The fraction of sp³-hybridized carbons (Fsp3) is 0.250. The van der Waals surface area contributed by atoms with E-state index in [-0.39, 0.29) is 22.3 Å². The first-order chi connectivity index (χ1) is 6.97. The Morgan fingerprint density at radius 1 is 1.67 bits per heavy atom. The predicted octanol–water partition coefficient (Wildman–Crippen LogP) is 1.94. The summed E-state index contributed by atoms with van der Waals surface area (Å²) in [7, 11) is 0. The maximum atomic E-state index is 12.4. The van der Waals surface area contributed by atoms with Gasteiger partial charge in [-0.05, 0) is 27.6 Å². The van der Waals surface area contributed by atoms with E-state index in [0.717, 1.165) is 6.07 Å². The van der Waals surface area contributed by atoms with Crippen molar-refractivity contribution in [3.63, 3.8) is 0 Å². The molecule has 0 unspecified atom stereocenters. The first-order valence-electron chi connectivity index (χ1n) is 3.88. The summed E-state index contributed by atoms with van der Waals surface area (Å²) in [5, 5.41) is 8.72. The van der Waals surface area contributed by atoms with Gasteiger partial charge in [-0.15, -0.1) is 0 Å². The summed E-state index contributed by atoms with van der Waals surface area (Å²) in [6, 6.07) is 1.10. The fourth-order valence-corrected chi connectivity index (χ4v) is 1.52. The third-order valence-electron chi connectivity index (χ3n) is 1.75.